The molecule has 0 saturated carbocycles. The van der Waals surface area contributed by atoms with Crippen LogP contribution in [0.1, 0.15) is 31.9 Å². The molecule has 0 aromatic heterocycles. The number of hydrogen-bond donors (Lipinski definition) is 1. The Labute approximate surface area is 142 Å². The third-order valence-corrected chi connectivity index (χ3v) is 5.11. The molecule has 24 heavy (non-hydrogen) atoms. The van der Waals surface area contributed by atoms with Gasteiger partial charge in [-0.2, -0.15) is 0 Å². The lowest BCUT2D eigenvalue weighted by molar-refractivity contribution is 0.385. The van der Waals surface area contributed by atoms with Gasteiger partial charge in [-0.25, -0.2) is 17.5 Å². The summed E-state index contributed by atoms with van der Waals surface area (Å²) < 4.78 is 46.6. The summed E-state index contributed by atoms with van der Waals surface area (Å²) in [7, 11) is -2.51. The Morgan fingerprint density at radius 3 is 2.33 bits per heavy atom. The number of nitrogens with one attached hydrogen (secondary N) is 1. The van der Waals surface area contributed by atoms with Crippen LogP contribution in [0.4, 0.5) is 4.39 Å². The standard InChI is InChI=1S/C18H22FNO3S/c1-13(2)11-17(14-7-5-4-6-8-14)20-24(21,22)15-9-10-18(23-3)16(19)12-15/h4-10,12-13,17,20H,11H2,1-3H3/t17-/m1/s1. The summed E-state index contributed by atoms with van der Waals surface area (Å²) in [6, 6.07) is 12.6. The van der Waals surface area contributed by atoms with Crippen molar-refractivity contribution >= 4 is 10.0 Å². The average Bonchev–Trinajstić information content (AvgIpc) is 2.54. The second kappa shape index (κ2) is 7.77. The van der Waals surface area contributed by atoms with Gasteiger partial charge >= 0.3 is 0 Å². The lowest BCUT2D eigenvalue weighted by Crippen LogP contribution is -2.29. The van der Waals surface area contributed by atoms with E-state index in [1.165, 1.54) is 19.2 Å². The highest BCUT2D eigenvalue weighted by Gasteiger charge is 2.23. The van der Waals surface area contributed by atoms with E-state index in [4.69, 9.17) is 4.74 Å². The van der Waals surface area contributed by atoms with Gasteiger partial charge in [-0.3, -0.25) is 0 Å². The van der Waals surface area contributed by atoms with E-state index in [1.807, 2.05) is 44.2 Å². The predicted molar refractivity (Wildman–Crippen MR) is 91.9 cm³/mol. The molecule has 2 aromatic carbocycles. The fraction of sp³-hybridized carbons (Fsp3) is 0.333. The van der Waals surface area contributed by atoms with Crippen molar-refractivity contribution in [3.8, 4) is 5.75 Å². The molecule has 1 N–H and O–H groups in total. The van der Waals surface area contributed by atoms with Crippen LogP contribution in [-0.2, 0) is 10.0 Å². The van der Waals surface area contributed by atoms with Crippen molar-refractivity contribution in [3.05, 3.63) is 59.9 Å². The Kier molecular flexibility index (Phi) is 5.96. The average molecular weight is 351 g/mol. The van der Waals surface area contributed by atoms with E-state index < -0.39 is 15.8 Å². The molecule has 4 nitrogen and oxygen atoms in total. The molecule has 2 aromatic rings. The molecule has 0 saturated heterocycles. The SMILES string of the molecule is COc1ccc(S(=O)(=O)N[C@H](CC(C)C)c2ccccc2)cc1F. The minimum Gasteiger partial charge on any atom is -0.494 e. The van der Waals surface area contributed by atoms with E-state index >= 15 is 0 Å². The van der Waals surface area contributed by atoms with E-state index in [1.54, 1.807) is 0 Å². The highest BCUT2D eigenvalue weighted by molar-refractivity contribution is 7.89. The van der Waals surface area contributed by atoms with Gasteiger partial charge in [0.15, 0.2) is 11.6 Å². The number of rotatable bonds is 7. The normalized spacial score (nSPS) is 13.0. The maximum atomic E-state index is 13.8. The summed E-state index contributed by atoms with van der Waals surface area (Å²) in [4.78, 5) is -0.120. The van der Waals surface area contributed by atoms with Crippen LogP contribution >= 0.6 is 0 Å². The molecule has 6 heteroatoms. The topological polar surface area (TPSA) is 55.4 Å². The molecular formula is C18H22FNO3S. The van der Waals surface area contributed by atoms with Gasteiger partial charge in [-0.15, -0.1) is 0 Å². The molecule has 0 amide bonds. The molecule has 1 atom stereocenters. The molecule has 0 heterocycles. The Morgan fingerprint density at radius 1 is 1.12 bits per heavy atom. The number of halogens is 1. The van der Waals surface area contributed by atoms with Crippen LogP contribution in [0, 0.1) is 11.7 Å². The first-order valence-corrected chi connectivity index (χ1v) is 9.22. The van der Waals surface area contributed by atoms with Gasteiger partial charge in [0.25, 0.3) is 0 Å². The monoisotopic (exact) mass is 351 g/mol. The molecule has 130 valence electrons. The van der Waals surface area contributed by atoms with Crippen molar-refractivity contribution in [1.29, 1.82) is 0 Å². The first-order valence-electron chi connectivity index (χ1n) is 7.74. The predicted octanol–water partition coefficient (Wildman–Crippen LogP) is 3.90. The van der Waals surface area contributed by atoms with E-state index in [0.29, 0.717) is 12.3 Å². The molecule has 0 aliphatic rings. The minimum atomic E-state index is -3.85. The molecule has 0 unspecified atom stereocenters. The van der Waals surface area contributed by atoms with Crippen LogP contribution in [-0.4, -0.2) is 15.5 Å². The fourth-order valence-corrected chi connectivity index (χ4v) is 3.73. The van der Waals surface area contributed by atoms with Crippen LogP contribution in [0.2, 0.25) is 0 Å². The summed E-state index contributed by atoms with van der Waals surface area (Å²) in [5, 5.41) is 0. The van der Waals surface area contributed by atoms with Gasteiger partial charge in [0, 0.05) is 6.04 Å². The summed E-state index contributed by atoms with van der Waals surface area (Å²) >= 11 is 0. The number of methoxy groups -OCH3 is 1. The molecule has 2 rings (SSSR count). The summed E-state index contributed by atoms with van der Waals surface area (Å²) in [5.41, 5.74) is 0.878. The van der Waals surface area contributed by atoms with Crippen LogP contribution < -0.4 is 9.46 Å². The maximum absolute atomic E-state index is 13.8. The van der Waals surface area contributed by atoms with E-state index in [2.05, 4.69) is 4.72 Å². The third kappa shape index (κ3) is 4.55. The zero-order valence-corrected chi connectivity index (χ0v) is 14.8. The quantitative estimate of drug-likeness (QED) is 0.823. The number of hydrogen-bond acceptors (Lipinski definition) is 3. The largest absolute Gasteiger partial charge is 0.494 e. The minimum absolute atomic E-state index is 0.00994. The molecule has 0 spiro atoms. The fourth-order valence-electron chi connectivity index (χ4n) is 2.48. The molecule has 0 bridgehead atoms. The highest BCUT2D eigenvalue weighted by Crippen LogP contribution is 2.25. The highest BCUT2D eigenvalue weighted by atomic mass is 32.2. The van der Waals surface area contributed by atoms with Crippen LogP contribution in [0.5, 0.6) is 5.75 Å². The smallest absolute Gasteiger partial charge is 0.241 e. The first-order chi connectivity index (χ1) is 11.3. The van der Waals surface area contributed by atoms with Gasteiger partial charge in [0.05, 0.1) is 12.0 Å². The van der Waals surface area contributed by atoms with Crippen LogP contribution in [0.15, 0.2) is 53.4 Å². The van der Waals surface area contributed by atoms with Gasteiger partial charge in [0.1, 0.15) is 0 Å². The van der Waals surface area contributed by atoms with E-state index in [0.717, 1.165) is 11.6 Å². The molecular weight excluding hydrogens is 329 g/mol. The zero-order chi connectivity index (χ0) is 17.7. The van der Waals surface area contributed by atoms with Gasteiger partial charge in [0.2, 0.25) is 10.0 Å². The molecule has 0 aliphatic heterocycles. The van der Waals surface area contributed by atoms with Gasteiger partial charge < -0.3 is 4.74 Å². The Hall–Kier alpha value is -1.92. The van der Waals surface area contributed by atoms with Crippen LogP contribution in [0.3, 0.4) is 0 Å². The molecule has 0 fully saturated rings. The van der Waals surface area contributed by atoms with Crippen molar-refractivity contribution in [2.45, 2.75) is 31.2 Å². The Bertz CT molecular complexity index is 776. The van der Waals surface area contributed by atoms with Crippen molar-refractivity contribution < 1.29 is 17.5 Å². The van der Waals surface area contributed by atoms with Crippen molar-refractivity contribution in [3.63, 3.8) is 0 Å². The summed E-state index contributed by atoms with van der Waals surface area (Å²) in [6.07, 6.45) is 0.641. The summed E-state index contributed by atoms with van der Waals surface area (Å²) in [5.74, 6) is -0.401. The Morgan fingerprint density at radius 2 is 1.79 bits per heavy atom. The second-order valence-electron chi connectivity index (χ2n) is 6.01. The lowest BCUT2D eigenvalue weighted by Gasteiger charge is -2.21. The van der Waals surface area contributed by atoms with Gasteiger partial charge in [-0.1, -0.05) is 44.2 Å². The van der Waals surface area contributed by atoms with Crippen molar-refractivity contribution in [1.82, 2.24) is 4.72 Å². The van der Waals surface area contributed by atoms with Gasteiger partial charge in [-0.05, 0) is 36.1 Å². The van der Waals surface area contributed by atoms with E-state index in [9.17, 15) is 12.8 Å². The summed E-state index contributed by atoms with van der Waals surface area (Å²) in [6.45, 7) is 4.05. The Balaban J connectivity index is 2.31. The first kappa shape index (κ1) is 18.4. The lowest BCUT2D eigenvalue weighted by atomic mass is 9.98. The number of ether oxygens (including phenoxy) is 1. The maximum Gasteiger partial charge on any atom is 0.241 e. The molecule has 0 radical (unpaired) electrons. The number of benzene rings is 2. The van der Waals surface area contributed by atoms with Crippen LogP contribution in [0.25, 0.3) is 0 Å². The molecule has 0 aliphatic carbocycles. The zero-order valence-electron chi connectivity index (χ0n) is 14.0. The second-order valence-corrected chi connectivity index (χ2v) is 7.72. The van der Waals surface area contributed by atoms with Crippen molar-refractivity contribution in [2.24, 2.45) is 5.92 Å². The third-order valence-electron chi connectivity index (χ3n) is 3.64. The van der Waals surface area contributed by atoms with Crippen molar-refractivity contribution in [2.75, 3.05) is 7.11 Å². The number of sulfonamides is 1. The van der Waals surface area contributed by atoms with E-state index in [-0.39, 0.29) is 16.7 Å².